The minimum Gasteiger partial charge on any atom is -0.487 e. The molecule has 0 aliphatic carbocycles. The molecule has 9 nitrogen and oxygen atoms in total. The van der Waals surface area contributed by atoms with Crippen LogP contribution in [0.25, 0.3) is 0 Å². The van der Waals surface area contributed by atoms with Crippen molar-refractivity contribution >= 4 is 40.6 Å². The second-order valence-corrected chi connectivity index (χ2v) is 6.40. The molecular weight excluding hydrogens is 410 g/mol. The average Bonchev–Trinajstić information content (AvgIpc) is 2.72. The third-order valence-electron chi connectivity index (χ3n) is 3.76. The number of nitrogens with zero attached hydrogens (tertiary/aromatic N) is 1. The van der Waals surface area contributed by atoms with Crippen LogP contribution in [0.15, 0.2) is 42.5 Å². The topological polar surface area (TPSA) is 120 Å². The van der Waals surface area contributed by atoms with E-state index in [1.165, 1.54) is 12.1 Å². The monoisotopic (exact) mass is 431 g/mol. The molecule has 2 N–H and O–H groups in total. The molecule has 10 heteroatoms. The number of hydrogen-bond acceptors (Lipinski definition) is 7. The van der Waals surface area contributed by atoms with Crippen molar-refractivity contribution in [1.82, 2.24) is 5.32 Å². The Balaban J connectivity index is 2.01. The van der Waals surface area contributed by atoms with Crippen LogP contribution in [0.5, 0.6) is 5.75 Å². The SMILES string of the molecule is CCCOC(=O)c1ccc(NC(=S)NC(=O)c2ccc(OCC)c([N+](=O)[O-])c2)cc1. The molecule has 1 amide bonds. The molecule has 2 aromatic carbocycles. The lowest BCUT2D eigenvalue weighted by Gasteiger charge is -2.11. The van der Waals surface area contributed by atoms with Crippen LogP contribution in [0.2, 0.25) is 0 Å². The number of thiocarbonyl (C=S) groups is 1. The number of carbonyl (C=O) groups excluding carboxylic acids is 2. The molecule has 0 atom stereocenters. The fourth-order valence-electron chi connectivity index (χ4n) is 2.38. The smallest absolute Gasteiger partial charge is 0.338 e. The second kappa shape index (κ2) is 10.9. The van der Waals surface area contributed by atoms with E-state index in [1.807, 2.05) is 6.92 Å². The van der Waals surface area contributed by atoms with Gasteiger partial charge in [-0.1, -0.05) is 6.92 Å². The van der Waals surface area contributed by atoms with E-state index >= 15 is 0 Å². The van der Waals surface area contributed by atoms with E-state index in [2.05, 4.69) is 10.6 Å². The number of nitrogens with one attached hydrogen (secondary N) is 2. The third kappa shape index (κ3) is 6.24. The van der Waals surface area contributed by atoms with E-state index in [0.717, 1.165) is 12.5 Å². The predicted molar refractivity (Wildman–Crippen MR) is 115 cm³/mol. The molecule has 0 aliphatic rings. The first-order valence-electron chi connectivity index (χ1n) is 9.16. The fourth-order valence-corrected chi connectivity index (χ4v) is 2.59. The van der Waals surface area contributed by atoms with Crippen molar-refractivity contribution in [2.45, 2.75) is 20.3 Å². The molecule has 0 aliphatic heterocycles. The first-order chi connectivity index (χ1) is 14.3. The quantitative estimate of drug-likeness (QED) is 0.281. The molecule has 30 heavy (non-hydrogen) atoms. The molecular formula is C20H21N3O6S. The molecule has 2 rings (SSSR count). The number of rotatable bonds is 8. The van der Waals surface area contributed by atoms with Crippen LogP contribution in [-0.4, -0.2) is 35.1 Å². The van der Waals surface area contributed by atoms with Gasteiger partial charge in [0.05, 0.1) is 23.7 Å². The van der Waals surface area contributed by atoms with Crippen LogP contribution in [0, 0.1) is 10.1 Å². The van der Waals surface area contributed by atoms with Gasteiger partial charge in [0.2, 0.25) is 0 Å². The number of anilines is 1. The van der Waals surface area contributed by atoms with Crippen LogP contribution >= 0.6 is 12.2 Å². The highest BCUT2D eigenvalue weighted by Crippen LogP contribution is 2.28. The van der Waals surface area contributed by atoms with Crippen LogP contribution in [0.3, 0.4) is 0 Å². The largest absolute Gasteiger partial charge is 0.487 e. The summed E-state index contributed by atoms with van der Waals surface area (Å²) in [4.78, 5) is 34.7. The predicted octanol–water partition coefficient (Wildman–Crippen LogP) is 3.69. The van der Waals surface area contributed by atoms with Crippen molar-refractivity contribution in [3.8, 4) is 5.75 Å². The second-order valence-electron chi connectivity index (χ2n) is 5.99. The highest BCUT2D eigenvalue weighted by Gasteiger charge is 2.19. The van der Waals surface area contributed by atoms with Gasteiger partial charge in [0, 0.05) is 17.3 Å². The summed E-state index contributed by atoms with van der Waals surface area (Å²) in [7, 11) is 0. The van der Waals surface area contributed by atoms with Gasteiger partial charge in [-0.2, -0.15) is 0 Å². The number of hydrogen-bond donors (Lipinski definition) is 2. The number of benzene rings is 2. The minimum absolute atomic E-state index is 0.00199. The zero-order valence-electron chi connectivity index (χ0n) is 16.5. The number of ether oxygens (including phenoxy) is 2. The number of amides is 1. The maximum Gasteiger partial charge on any atom is 0.338 e. The molecule has 2 aromatic rings. The lowest BCUT2D eigenvalue weighted by molar-refractivity contribution is -0.385. The first-order valence-corrected chi connectivity index (χ1v) is 9.57. The molecule has 0 bridgehead atoms. The van der Waals surface area contributed by atoms with Gasteiger partial charge in [0.15, 0.2) is 10.9 Å². The Labute approximate surface area is 178 Å². The van der Waals surface area contributed by atoms with Gasteiger partial charge in [0.25, 0.3) is 5.91 Å². The summed E-state index contributed by atoms with van der Waals surface area (Å²) >= 11 is 5.11. The summed E-state index contributed by atoms with van der Waals surface area (Å²) in [5.74, 6) is -0.952. The molecule has 0 unspecified atom stereocenters. The summed E-state index contributed by atoms with van der Waals surface area (Å²) in [5, 5.41) is 16.5. The van der Waals surface area contributed by atoms with Crippen molar-refractivity contribution in [2.75, 3.05) is 18.5 Å². The van der Waals surface area contributed by atoms with Gasteiger partial charge < -0.3 is 14.8 Å². The number of nitro groups is 1. The van der Waals surface area contributed by atoms with Crippen molar-refractivity contribution < 1.29 is 24.0 Å². The Morgan fingerprint density at radius 1 is 1.10 bits per heavy atom. The highest BCUT2D eigenvalue weighted by atomic mass is 32.1. The molecule has 0 saturated heterocycles. The van der Waals surface area contributed by atoms with Gasteiger partial charge in [-0.25, -0.2) is 4.79 Å². The van der Waals surface area contributed by atoms with Gasteiger partial charge in [-0.3, -0.25) is 20.2 Å². The Hall–Kier alpha value is -3.53. The fraction of sp³-hybridized carbons (Fsp3) is 0.250. The zero-order valence-corrected chi connectivity index (χ0v) is 17.3. The molecule has 0 spiro atoms. The minimum atomic E-state index is -0.620. The summed E-state index contributed by atoms with van der Waals surface area (Å²) in [5.41, 5.74) is 0.688. The molecule has 0 saturated carbocycles. The third-order valence-corrected chi connectivity index (χ3v) is 3.96. The van der Waals surface area contributed by atoms with E-state index in [1.54, 1.807) is 31.2 Å². The maximum atomic E-state index is 12.4. The summed E-state index contributed by atoms with van der Waals surface area (Å²) in [6.07, 6.45) is 0.733. The van der Waals surface area contributed by atoms with Gasteiger partial charge in [0.1, 0.15) is 0 Å². The molecule has 0 radical (unpaired) electrons. The molecule has 158 valence electrons. The molecule has 0 fully saturated rings. The number of nitro benzene ring substituents is 1. The van der Waals surface area contributed by atoms with Crippen LogP contribution in [0.1, 0.15) is 41.0 Å². The van der Waals surface area contributed by atoms with E-state index in [4.69, 9.17) is 21.7 Å². The maximum absolute atomic E-state index is 12.4. The first kappa shape index (κ1) is 22.8. The van der Waals surface area contributed by atoms with Crippen LogP contribution in [0.4, 0.5) is 11.4 Å². The van der Waals surface area contributed by atoms with E-state index in [0.29, 0.717) is 17.9 Å². The van der Waals surface area contributed by atoms with Gasteiger partial charge in [-0.05, 0) is 62.0 Å². The Morgan fingerprint density at radius 3 is 2.37 bits per heavy atom. The lowest BCUT2D eigenvalue weighted by atomic mass is 10.1. The van der Waals surface area contributed by atoms with Crippen molar-refractivity contribution in [1.29, 1.82) is 0 Å². The van der Waals surface area contributed by atoms with E-state index < -0.39 is 16.8 Å². The van der Waals surface area contributed by atoms with Crippen LogP contribution < -0.4 is 15.4 Å². The van der Waals surface area contributed by atoms with Crippen molar-refractivity contribution in [3.05, 3.63) is 63.7 Å². The van der Waals surface area contributed by atoms with Crippen molar-refractivity contribution in [3.63, 3.8) is 0 Å². The number of carbonyl (C=O) groups is 2. The summed E-state index contributed by atoms with van der Waals surface area (Å²) in [6.45, 7) is 4.21. The number of esters is 1. The van der Waals surface area contributed by atoms with Gasteiger partial charge >= 0.3 is 11.7 Å². The molecule has 0 aromatic heterocycles. The zero-order chi connectivity index (χ0) is 22.1. The standard InChI is InChI=1S/C20H21N3O6S/c1-3-11-29-19(25)13-5-8-15(9-6-13)21-20(30)22-18(24)14-7-10-17(28-4-2)16(12-14)23(26)27/h5-10,12H,3-4,11H2,1-2H3,(H2,21,22,24,30). The normalized spacial score (nSPS) is 10.1. The molecule has 0 heterocycles. The highest BCUT2D eigenvalue weighted by molar-refractivity contribution is 7.80. The Kier molecular flexibility index (Phi) is 8.24. The summed E-state index contributed by atoms with van der Waals surface area (Å²) in [6, 6.07) is 10.3. The van der Waals surface area contributed by atoms with Crippen LogP contribution in [-0.2, 0) is 4.74 Å². The lowest BCUT2D eigenvalue weighted by Crippen LogP contribution is -2.34. The summed E-state index contributed by atoms with van der Waals surface area (Å²) < 4.78 is 10.2. The van der Waals surface area contributed by atoms with Gasteiger partial charge in [-0.15, -0.1) is 0 Å². The van der Waals surface area contributed by atoms with E-state index in [-0.39, 0.29) is 28.7 Å². The van der Waals surface area contributed by atoms with Crippen molar-refractivity contribution in [2.24, 2.45) is 0 Å². The van der Waals surface area contributed by atoms with E-state index in [9.17, 15) is 19.7 Å². The Bertz CT molecular complexity index is 946. The average molecular weight is 431 g/mol. The Morgan fingerprint density at radius 2 is 1.77 bits per heavy atom.